The van der Waals surface area contributed by atoms with Gasteiger partial charge in [-0.25, -0.2) is 9.59 Å². The quantitative estimate of drug-likeness (QED) is 0.410. The van der Waals surface area contributed by atoms with Gasteiger partial charge in [-0.05, 0) is 0 Å². The second-order valence-corrected chi connectivity index (χ2v) is 1.04. The van der Waals surface area contributed by atoms with E-state index in [2.05, 4.69) is 14.8 Å². The number of hydrogen-bond donors (Lipinski definition) is 1. The zero-order valence-electron chi connectivity index (χ0n) is 4.84. The van der Waals surface area contributed by atoms with Crippen LogP contribution in [0.1, 0.15) is 0 Å². The van der Waals surface area contributed by atoms with Crippen LogP contribution in [0.4, 0.5) is 4.79 Å². The van der Waals surface area contributed by atoms with Crippen LogP contribution in [0, 0.1) is 0 Å². The summed E-state index contributed by atoms with van der Waals surface area (Å²) in [6.45, 7) is 0.915. The summed E-state index contributed by atoms with van der Waals surface area (Å²) < 4.78 is 8.13. The van der Waals surface area contributed by atoms with Gasteiger partial charge in [-0.3, -0.25) is 5.32 Å². The van der Waals surface area contributed by atoms with Crippen molar-refractivity contribution in [1.82, 2.24) is 5.32 Å². The summed E-state index contributed by atoms with van der Waals surface area (Å²) in [4.78, 5) is 19.5. The molecule has 5 nitrogen and oxygen atoms in total. The Kier molecular flexibility index (Phi) is 4.20. The number of alkyl carbamates (subject to hydrolysis) is 1. The zero-order valence-corrected chi connectivity index (χ0v) is 4.84. The largest absolute Gasteiger partial charge is 0.453 e. The molecule has 5 heteroatoms. The minimum atomic E-state index is -0.648. The van der Waals surface area contributed by atoms with Crippen molar-refractivity contribution < 1.29 is 19.1 Å². The van der Waals surface area contributed by atoms with Crippen molar-refractivity contribution in [3.63, 3.8) is 0 Å². The molecular formula is C4H6NO4. The van der Waals surface area contributed by atoms with Crippen LogP contribution in [0.2, 0.25) is 0 Å². The van der Waals surface area contributed by atoms with E-state index < -0.39 is 6.09 Å². The van der Waals surface area contributed by atoms with E-state index in [4.69, 9.17) is 0 Å². The highest BCUT2D eigenvalue weighted by Gasteiger charge is 1.94. The van der Waals surface area contributed by atoms with E-state index >= 15 is 0 Å². The van der Waals surface area contributed by atoms with Crippen molar-refractivity contribution in [1.29, 1.82) is 0 Å². The highest BCUT2D eigenvalue weighted by Crippen LogP contribution is 1.68. The molecule has 0 aromatic carbocycles. The van der Waals surface area contributed by atoms with Gasteiger partial charge in [0.15, 0.2) is 6.73 Å². The summed E-state index contributed by atoms with van der Waals surface area (Å²) in [7, 11) is 1.21. The molecule has 0 heterocycles. The number of ether oxygens (including phenoxy) is 2. The van der Waals surface area contributed by atoms with Crippen LogP contribution in [-0.4, -0.2) is 26.4 Å². The molecule has 0 atom stereocenters. The van der Waals surface area contributed by atoms with Gasteiger partial charge in [0, 0.05) is 0 Å². The molecule has 0 saturated heterocycles. The second kappa shape index (κ2) is 4.89. The standard InChI is InChI=1S/C4H6NO4/c1-8-4(7)5-2-9-3-6/h2H2,1H3,(H,5,7). The Morgan fingerprint density at radius 3 is 2.89 bits per heavy atom. The van der Waals surface area contributed by atoms with Crippen molar-refractivity contribution in [3.8, 4) is 0 Å². The molecule has 0 aromatic heterocycles. The normalized spacial score (nSPS) is 7.67. The van der Waals surface area contributed by atoms with Crippen molar-refractivity contribution in [2.75, 3.05) is 13.8 Å². The Labute approximate surface area is 51.9 Å². The van der Waals surface area contributed by atoms with Crippen LogP contribution in [0.5, 0.6) is 0 Å². The molecule has 0 aliphatic rings. The van der Waals surface area contributed by atoms with Crippen LogP contribution in [0.25, 0.3) is 0 Å². The van der Waals surface area contributed by atoms with E-state index in [0.717, 1.165) is 6.47 Å². The van der Waals surface area contributed by atoms with Gasteiger partial charge in [-0.15, -0.1) is 0 Å². The Morgan fingerprint density at radius 1 is 1.78 bits per heavy atom. The lowest BCUT2D eigenvalue weighted by molar-refractivity contribution is 0.156. The fourth-order valence-corrected chi connectivity index (χ4v) is 0.197. The lowest BCUT2D eigenvalue weighted by Crippen LogP contribution is -2.25. The van der Waals surface area contributed by atoms with Crippen molar-refractivity contribution in [3.05, 3.63) is 0 Å². The molecular weight excluding hydrogens is 126 g/mol. The molecule has 9 heavy (non-hydrogen) atoms. The molecule has 0 bridgehead atoms. The van der Waals surface area contributed by atoms with E-state index in [1.807, 2.05) is 0 Å². The van der Waals surface area contributed by atoms with Crippen LogP contribution >= 0.6 is 0 Å². The second-order valence-electron chi connectivity index (χ2n) is 1.04. The maximum absolute atomic E-state index is 10.1. The van der Waals surface area contributed by atoms with Gasteiger partial charge in [-0.1, -0.05) is 0 Å². The molecule has 0 spiro atoms. The van der Waals surface area contributed by atoms with Gasteiger partial charge >= 0.3 is 12.6 Å². The fraction of sp³-hybridized carbons (Fsp3) is 0.500. The van der Waals surface area contributed by atoms with Gasteiger partial charge < -0.3 is 9.47 Å². The summed E-state index contributed by atoms with van der Waals surface area (Å²) in [6, 6.07) is 0. The molecule has 0 aliphatic heterocycles. The first kappa shape index (κ1) is 7.74. The number of carbonyl (C=O) groups excluding carboxylic acids is 2. The zero-order chi connectivity index (χ0) is 7.11. The predicted molar refractivity (Wildman–Crippen MR) is 27.2 cm³/mol. The van der Waals surface area contributed by atoms with Crippen molar-refractivity contribution >= 4 is 12.6 Å². The Bertz CT molecular complexity index is 103. The van der Waals surface area contributed by atoms with E-state index in [-0.39, 0.29) is 6.73 Å². The monoisotopic (exact) mass is 132 g/mol. The van der Waals surface area contributed by atoms with Gasteiger partial charge in [0.05, 0.1) is 7.11 Å². The van der Waals surface area contributed by atoms with Gasteiger partial charge in [0.2, 0.25) is 0 Å². The van der Waals surface area contributed by atoms with Crippen LogP contribution < -0.4 is 5.32 Å². The minimum absolute atomic E-state index is 0.212. The smallest absolute Gasteiger partial charge is 0.419 e. The maximum atomic E-state index is 10.1. The van der Waals surface area contributed by atoms with Gasteiger partial charge in [0.1, 0.15) is 0 Å². The Hall–Kier alpha value is -1.26. The topological polar surface area (TPSA) is 64.6 Å². The van der Waals surface area contributed by atoms with Crippen LogP contribution in [-0.2, 0) is 14.3 Å². The molecule has 0 unspecified atom stereocenters. The summed E-state index contributed by atoms with van der Waals surface area (Å²) in [5, 5.41) is 2.09. The number of carbonyl (C=O) groups is 1. The first-order valence-corrected chi connectivity index (χ1v) is 2.12. The van der Waals surface area contributed by atoms with E-state index in [9.17, 15) is 9.59 Å². The summed E-state index contributed by atoms with van der Waals surface area (Å²) in [6.07, 6.45) is -0.648. The Balaban J connectivity index is 3.06. The molecule has 0 aromatic rings. The number of amides is 1. The van der Waals surface area contributed by atoms with Crippen molar-refractivity contribution in [2.24, 2.45) is 0 Å². The molecule has 51 valence electrons. The number of hydrogen-bond acceptors (Lipinski definition) is 4. The molecule has 1 N–H and O–H groups in total. The molecule has 0 rings (SSSR count). The molecule has 1 radical (unpaired) electrons. The maximum Gasteiger partial charge on any atom is 0.419 e. The summed E-state index contributed by atoms with van der Waals surface area (Å²) in [5.74, 6) is 0. The molecule has 1 amide bonds. The first-order valence-electron chi connectivity index (χ1n) is 2.12. The average molecular weight is 132 g/mol. The highest BCUT2D eigenvalue weighted by atomic mass is 16.6. The van der Waals surface area contributed by atoms with Gasteiger partial charge in [-0.2, -0.15) is 0 Å². The fourth-order valence-electron chi connectivity index (χ4n) is 0.197. The lowest BCUT2D eigenvalue weighted by atomic mass is 11.0. The van der Waals surface area contributed by atoms with Crippen LogP contribution in [0.15, 0.2) is 0 Å². The Morgan fingerprint density at radius 2 is 2.44 bits per heavy atom. The lowest BCUT2D eigenvalue weighted by Gasteiger charge is -1.98. The average Bonchev–Trinajstić information content (AvgIpc) is 1.89. The minimum Gasteiger partial charge on any atom is -0.453 e. The summed E-state index contributed by atoms with van der Waals surface area (Å²) in [5.41, 5.74) is 0. The summed E-state index contributed by atoms with van der Waals surface area (Å²) >= 11 is 0. The molecule has 0 saturated carbocycles. The predicted octanol–water partition coefficient (Wildman–Crippen LogP) is -0.616. The number of nitrogens with one attached hydrogen (secondary N) is 1. The van der Waals surface area contributed by atoms with Crippen LogP contribution in [0.3, 0.4) is 0 Å². The third kappa shape index (κ3) is 4.60. The van der Waals surface area contributed by atoms with Gasteiger partial charge in [0.25, 0.3) is 0 Å². The SMILES string of the molecule is COC(=O)NCO[C]=O. The molecule has 0 aliphatic carbocycles. The van der Waals surface area contributed by atoms with E-state index in [0.29, 0.717) is 0 Å². The first-order chi connectivity index (χ1) is 4.31. The van der Waals surface area contributed by atoms with E-state index in [1.165, 1.54) is 7.11 Å². The highest BCUT2D eigenvalue weighted by molar-refractivity contribution is 5.66. The number of methoxy groups -OCH3 is 1. The number of rotatable bonds is 3. The van der Waals surface area contributed by atoms with E-state index in [1.54, 1.807) is 0 Å². The van der Waals surface area contributed by atoms with Crippen molar-refractivity contribution in [2.45, 2.75) is 0 Å². The third-order valence-electron chi connectivity index (χ3n) is 0.533. The molecule has 0 fully saturated rings. The third-order valence-corrected chi connectivity index (χ3v) is 0.533.